The summed E-state index contributed by atoms with van der Waals surface area (Å²) in [5, 5.41) is 6.86. The predicted molar refractivity (Wildman–Crippen MR) is 94.2 cm³/mol. The zero-order valence-electron chi connectivity index (χ0n) is 14.7. The monoisotopic (exact) mass is 328 g/mol. The van der Waals surface area contributed by atoms with E-state index in [-0.39, 0.29) is 22.8 Å². The van der Waals surface area contributed by atoms with Crippen molar-refractivity contribution in [1.82, 2.24) is 10.6 Å². The smallest absolute Gasteiger partial charge is 0.228 e. The fourth-order valence-electron chi connectivity index (χ4n) is 4.98. The first-order valence-electron chi connectivity index (χ1n) is 9.25. The van der Waals surface area contributed by atoms with Crippen LogP contribution in [0.1, 0.15) is 44.6 Å². The van der Waals surface area contributed by atoms with Crippen molar-refractivity contribution in [2.75, 3.05) is 20.2 Å². The molecule has 1 heterocycles. The van der Waals surface area contributed by atoms with Crippen LogP contribution in [0.4, 0.5) is 0 Å². The van der Waals surface area contributed by atoms with Crippen LogP contribution in [0.3, 0.4) is 0 Å². The molecular weight excluding hydrogens is 300 g/mol. The summed E-state index contributed by atoms with van der Waals surface area (Å²) in [7, 11) is 1.72. The highest BCUT2D eigenvalue weighted by Gasteiger charge is 2.57. The van der Waals surface area contributed by atoms with Crippen LogP contribution in [0.2, 0.25) is 0 Å². The van der Waals surface area contributed by atoms with Crippen molar-refractivity contribution in [2.24, 2.45) is 11.3 Å². The molecule has 2 saturated carbocycles. The number of hydrogen-bond acceptors (Lipinski definition) is 3. The summed E-state index contributed by atoms with van der Waals surface area (Å²) >= 11 is 0. The van der Waals surface area contributed by atoms with E-state index in [2.05, 4.69) is 29.7 Å². The summed E-state index contributed by atoms with van der Waals surface area (Å²) in [6, 6.07) is 8.41. The molecule has 3 aliphatic rings. The molecule has 1 saturated heterocycles. The number of benzene rings is 1. The van der Waals surface area contributed by atoms with Gasteiger partial charge in [-0.2, -0.15) is 0 Å². The molecule has 4 rings (SSSR count). The van der Waals surface area contributed by atoms with Crippen LogP contribution >= 0.6 is 0 Å². The van der Waals surface area contributed by atoms with E-state index < -0.39 is 0 Å². The second-order valence-corrected chi connectivity index (χ2v) is 8.08. The van der Waals surface area contributed by atoms with E-state index in [1.54, 1.807) is 7.11 Å². The van der Waals surface area contributed by atoms with Crippen molar-refractivity contribution < 1.29 is 9.53 Å². The zero-order valence-corrected chi connectivity index (χ0v) is 14.7. The number of carbonyl (C=O) groups is 1. The zero-order chi connectivity index (χ0) is 16.8. The Hall–Kier alpha value is -1.55. The first-order chi connectivity index (χ1) is 11.6. The van der Waals surface area contributed by atoms with Gasteiger partial charge < -0.3 is 15.4 Å². The molecule has 1 aliphatic heterocycles. The first kappa shape index (κ1) is 15.9. The summed E-state index contributed by atoms with van der Waals surface area (Å²) in [6.45, 7) is 4.09. The standard InChI is InChI=1S/C20H28N2O2/c1-19(15-8-3-4-9-16(15)24-2)11-17(19)22-18(23)20-10-6-5-7-14(20)12-21-13-20/h3-4,8-9,14,17,21H,5-7,10-13H2,1-2H3,(H,22,23)/t14-,17?,19?,20+/m0/s1. The lowest BCUT2D eigenvalue weighted by Gasteiger charge is -2.37. The maximum absolute atomic E-state index is 13.1. The van der Waals surface area contributed by atoms with Gasteiger partial charge in [0.2, 0.25) is 5.91 Å². The maximum Gasteiger partial charge on any atom is 0.228 e. The minimum absolute atomic E-state index is 0.00486. The molecule has 2 N–H and O–H groups in total. The van der Waals surface area contributed by atoms with E-state index in [9.17, 15) is 4.79 Å². The van der Waals surface area contributed by atoms with E-state index in [1.807, 2.05) is 12.1 Å². The van der Waals surface area contributed by atoms with Gasteiger partial charge in [-0.25, -0.2) is 0 Å². The third-order valence-corrected chi connectivity index (χ3v) is 6.76. The molecule has 2 unspecified atom stereocenters. The summed E-state index contributed by atoms with van der Waals surface area (Å²) in [4.78, 5) is 13.1. The first-order valence-corrected chi connectivity index (χ1v) is 9.25. The topological polar surface area (TPSA) is 50.4 Å². The van der Waals surface area contributed by atoms with Gasteiger partial charge in [-0.3, -0.25) is 4.79 Å². The second-order valence-electron chi connectivity index (χ2n) is 8.08. The lowest BCUT2D eigenvalue weighted by atomic mass is 9.67. The fourth-order valence-corrected chi connectivity index (χ4v) is 4.98. The lowest BCUT2D eigenvalue weighted by molar-refractivity contribution is -0.134. The Morgan fingerprint density at radius 1 is 1.33 bits per heavy atom. The Morgan fingerprint density at radius 3 is 3.00 bits per heavy atom. The third kappa shape index (κ3) is 2.34. The lowest BCUT2D eigenvalue weighted by Crippen LogP contribution is -2.49. The Labute approximate surface area is 144 Å². The number of ether oxygens (including phenoxy) is 1. The second kappa shape index (κ2) is 5.76. The normalized spacial score (nSPS) is 37.6. The predicted octanol–water partition coefficient (Wildman–Crippen LogP) is 2.62. The molecule has 2 aliphatic carbocycles. The highest BCUT2D eigenvalue weighted by Crippen LogP contribution is 2.52. The molecule has 24 heavy (non-hydrogen) atoms. The number of methoxy groups -OCH3 is 1. The number of para-hydroxylation sites is 1. The SMILES string of the molecule is COc1ccccc1C1(C)CC1NC(=O)[C@@]12CCCC[C@H]1CNC2. The van der Waals surface area contributed by atoms with Gasteiger partial charge in [0.1, 0.15) is 5.75 Å². The van der Waals surface area contributed by atoms with Crippen molar-refractivity contribution in [3.8, 4) is 5.75 Å². The van der Waals surface area contributed by atoms with Crippen molar-refractivity contribution in [3.05, 3.63) is 29.8 Å². The van der Waals surface area contributed by atoms with E-state index >= 15 is 0 Å². The van der Waals surface area contributed by atoms with Gasteiger partial charge >= 0.3 is 0 Å². The van der Waals surface area contributed by atoms with Crippen molar-refractivity contribution in [3.63, 3.8) is 0 Å². The molecule has 4 heteroatoms. The molecule has 0 aromatic heterocycles. The summed E-state index contributed by atoms with van der Waals surface area (Å²) in [5.74, 6) is 1.72. The number of rotatable bonds is 4. The summed E-state index contributed by atoms with van der Waals surface area (Å²) < 4.78 is 5.53. The molecule has 130 valence electrons. The molecule has 3 fully saturated rings. The molecule has 1 aromatic carbocycles. The molecular formula is C20H28N2O2. The van der Waals surface area contributed by atoms with Crippen molar-refractivity contribution in [1.29, 1.82) is 0 Å². The minimum Gasteiger partial charge on any atom is -0.496 e. The van der Waals surface area contributed by atoms with Crippen LogP contribution in [0.15, 0.2) is 24.3 Å². The van der Waals surface area contributed by atoms with Gasteiger partial charge in [0.15, 0.2) is 0 Å². The number of carbonyl (C=O) groups excluding carboxylic acids is 1. The van der Waals surface area contributed by atoms with Crippen LogP contribution < -0.4 is 15.4 Å². The van der Waals surface area contributed by atoms with Crippen molar-refractivity contribution >= 4 is 5.91 Å². The van der Waals surface area contributed by atoms with E-state index in [0.29, 0.717) is 5.92 Å². The minimum atomic E-state index is -0.164. The Bertz CT molecular complexity index is 646. The van der Waals surface area contributed by atoms with Gasteiger partial charge in [0.05, 0.1) is 12.5 Å². The molecule has 0 radical (unpaired) electrons. The molecule has 1 amide bonds. The highest BCUT2D eigenvalue weighted by atomic mass is 16.5. The van der Waals surface area contributed by atoms with Gasteiger partial charge in [-0.05, 0) is 37.8 Å². The number of nitrogens with one attached hydrogen (secondary N) is 2. The van der Waals surface area contributed by atoms with Crippen LogP contribution in [-0.4, -0.2) is 32.1 Å². The maximum atomic E-state index is 13.1. The van der Waals surface area contributed by atoms with E-state index in [0.717, 1.165) is 31.7 Å². The van der Waals surface area contributed by atoms with Crippen LogP contribution in [0, 0.1) is 11.3 Å². The van der Waals surface area contributed by atoms with Gasteiger partial charge in [0, 0.05) is 23.6 Å². The average Bonchev–Trinajstić information content (AvgIpc) is 3.07. The van der Waals surface area contributed by atoms with Crippen LogP contribution in [0.25, 0.3) is 0 Å². The quantitative estimate of drug-likeness (QED) is 0.893. The average molecular weight is 328 g/mol. The molecule has 0 bridgehead atoms. The number of fused-ring (bicyclic) bond motifs is 1. The molecule has 4 nitrogen and oxygen atoms in total. The largest absolute Gasteiger partial charge is 0.496 e. The fraction of sp³-hybridized carbons (Fsp3) is 0.650. The molecule has 1 aromatic rings. The van der Waals surface area contributed by atoms with E-state index in [4.69, 9.17) is 4.74 Å². The number of amides is 1. The molecule has 0 spiro atoms. The van der Waals surface area contributed by atoms with Gasteiger partial charge in [-0.1, -0.05) is 38.0 Å². The Balaban J connectivity index is 1.50. The van der Waals surface area contributed by atoms with Crippen LogP contribution in [-0.2, 0) is 10.2 Å². The summed E-state index contributed by atoms with van der Waals surface area (Å²) in [5.41, 5.74) is 1.04. The Morgan fingerprint density at radius 2 is 2.17 bits per heavy atom. The van der Waals surface area contributed by atoms with Crippen molar-refractivity contribution in [2.45, 2.75) is 50.5 Å². The van der Waals surface area contributed by atoms with E-state index in [1.165, 1.54) is 24.8 Å². The van der Waals surface area contributed by atoms with Crippen LogP contribution in [0.5, 0.6) is 5.75 Å². The summed E-state index contributed by atoms with van der Waals surface area (Å²) in [6.07, 6.45) is 5.67. The third-order valence-electron chi connectivity index (χ3n) is 6.76. The number of hydrogen-bond donors (Lipinski definition) is 2. The molecule has 4 atom stereocenters. The highest BCUT2D eigenvalue weighted by molar-refractivity contribution is 5.85. The van der Waals surface area contributed by atoms with Gasteiger partial charge in [-0.15, -0.1) is 0 Å². The van der Waals surface area contributed by atoms with Gasteiger partial charge in [0.25, 0.3) is 0 Å². The Kier molecular flexibility index (Phi) is 3.83.